The molecular weight excluding hydrogens is 270 g/mol. The van der Waals surface area contributed by atoms with Crippen molar-refractivity contribution in [2.24, 2.45) is 0 Å². The van der Waals surface area contributed by atoms with Crippen LogP contribution in [0.15, 0.2) is 36.9 Å². The molecule has 2 N–H and O–H groups in total. The molecule has 0 atom stereocenters. The highest BCUT2D eigenvalue weighted by Gasteiger charge is 2.35. The number of nitrogens with zero attached hydrogens (tertiary/aromatic N) is 1. The standard InChI is InChI=1S/C15H11N3O3/c1-2-7-16-15(21)12-10-11(17-18-12)14(20)9-6-4-3-5-8(9)13(10)19/h2-6H,1,7H2,(H,16,21)(H,17,18). The Balaban J connectivity index is 2.11. The Labute approximate surface area is 119 Å². The van der Waals surface area contributed by atoms with Gasteiger partial charge in [0, 0.05) is 17.7 Å². The molecule has 1 aliphatic carbocycles. The number of aromatic nitrogens is 2. The van der Waals surface area contributed by atoms with Gasteiger partial charge in [-0.25, -0.2) is 0 Å². The Morgan fingerprint density at radius 3 is 2.57 bits per heavy atom. The van der Waals surface area contributed by atoms with Gasteiger partial charge in [0.2, 0.25) is 5.78 Å². The maximum absolute atomic E-state index is 12.5. The second-order valence-corrected chi connectivity index (χ2v) is 4.52. The van der Waals surface area contributed by atoms with Crippen LogP contribution in [0, 0.1) is 0 Å². The number of hydrogen-bond acceptors (Lipinski definition) is 4. The monoisotopic (exact) mass is 281 g/mol. The van der Waals surface area contributed by atoms with Gasteiger partial charge in [-0.3, -0.25) is 19.5 Å². The molecule has 3 rings (SSSR count). The van der Waals surface area contributed by atoms with Crippen LogP contribution < -0.4 is 5.32 Å². The summed E-state index contributed by atoms with van der Waals surface area (Å²) in [5, 5.41) is 8.87. The molecule has 0 fully saturated rings. The van der Waals surface area contributed by atoms with Gasteiger partial charge in [-0.15, -0.1) is 6.58 Å². The van der Waals surface area contributed by atoms with Crippen LogP contribution in [0.4, 0.5) is 0 Å². The highest BCUT2D eigenvalue weighted by molar-refractivity contribution is 6.29. The molecule has 1 heterocycles. The highest BCUT2D eigenvalue weighted by Crippen LogP contribution is 2.27. The summed E-state index contributed by atoms with van der Waals surface area (Å²) in [5.41, 5.74) is 0.608. The highest BCUT2D eigenvalue weighted by atomic mass is 16.2. The predicted octanol–water partition coefficient (Wildman–Crippen LogP) is 1.10. The molecule has 6 nitrogen and oxygen atoms in total. The Hall–Kier alpha value is -3.02. The summed E-state index contributed by atoms with van der Waals surface area (Å²) in [7, 11) is 0. The minimum Gasteiger partial charge on any atom is -0.347 e. The van der Waals surface area contributed by atoms with Crippen LogP contribution in [0.2, 0.25) is 0 Å². The molecule has 21 heavy (non-hydrogen) atoms. The Kier molecular flexibility index (Phi) is 2.98. The fourth-order valence-corrected chi connectivity index (χ4v) is 2.29. The number of H-pyrrole nitrogens is 1. The van der Waals surface area contributed by atoms with Crippen LogP contribution in [0.5, 0.6) is 0 Å². The molecule has 1 amide bonds. The topological polar surface area (TPSA) is 91.9 Å². The molecule has 1 aliphatic rings. The van der Waals surface area contributed by atoms with Crippen LogP contribution in [0.3, 0.4) is 0 Å². The number of ketones is 2. The lowest BCUT2D eigenvalue weighted by Gasteiger charge is -2.13. The number of rotatable bonds is 3. The van der Waals surface area contributed by atoms with Crippen molar-refractivity contribution in [1.82, 2.24) is 15.5 Å². The first-order chi connectivity index (χ1) is 10.1. The second-order valence-electron chi connectivity index (χ2n) is 4.52. The molecular formula is C15H11N3O3. The Morgan fingerprint density at radius 2 is 1.90 bits per heavy atom. The molecule has 6 heteroatoms. The predicted molar refractivity (Wildman–Crippen MR) is 74.4 cm³/mol. The van der Waals surface area contributed by atoms with E-state index in [0.717, 1.165) is 0 Å². The Morgan fingerprint density at radius 1 is 1.24 bits per heavy atom. The molecule has 1 aromatic heterocycles. The summed E-state index contributed by atoms with van der Waals surface area (Å²) in [6.45, 7) is 3.75. The first-order valence-electron chi connectivity index (χ1n) is 6.31. The van der Waals surface area contributed by atoms with Crippen molar-refractivity contribution in [3.63, 3.8) is 0 Å². The average Bonchev–Trinajstić information content (AvgIpc) is 2.95. The molecule has 2 aromatic rings. The fourth-order valence-electron chi connectivity index (χ4n) is 2.29. The third kappa shape index (κ3) is 1.88. The average molecular weight is 281 g/mol. The SMILES string of the molecule is C=CCNC(=O)c1[nH]nc2c1C(=O)c1ccccc1C2=O. The molecule has 104 valence electrons. The van der Waals surface area contributed by atoms with Crippen LogP contribution in [-0.4, -0.2) is 34.2 Å². The van der Waals surface area contributed by atoms with Gasteiger partial charge in [-0.2, -0.15) is 5.10 Å². The van der Waals surface area contributed by atoms with E-state index < -0.39 is 5.91 Å². The zero-order valence-corrected chi connectivity index (χ0v) is 11.0. The summed E-state index contributed by atoms with van der Waals surface area (Å²) < 4.78 is 0. The van der Waals surface area contributed by atoms with E-state index in [2.05, 4.69) is 22.1 Å². The van der Waals surface area contributed by atoms with E-state index in [4.69, 9.17) is 0 Å². The summed E-state index contributed by atoms with van der Waals surface area (Å²) in [6.07, 6.45) is 1.52. The van der Waals surface area contributed by atoms with Gasteiger partial charge < -0.3 is 5.32 Å². The number of amides is 1. The van der Waals surface area contributed by atoms with Gasteiger partial charge in [0.05, 0.1) is 5.56 Å². The fraction of sp³-hybridized carbons (Fsp3) is 0.0667. The molecule has 0 radical (unpaired) electrons. The number of hydrogen-bond donors (Lipinski definition) is 2. The zero-order chi connectivity index (χ0) is 15.0. The number of carbonyl (C=O) groups excluding carboxylic acids is 3. The van der Waals surface area contributed by atoms with E-state index in [1.54, 1.807) is 24.3 Å². The van der Waals surface area contributed by atoms with E-state index in [9.17, 15) is 14.4 Å². The van der Waals surface area contributed by atoms with Crippen LogP contribution in [-0.2, 0) is 0 Å². The molecule has 1 aromatic carbocycles. The lowest BCUT2D eigenvalue weighted by molar-refractivity contribution is 0.0939. The van der Waals surface area contributed by atoms with Crippen LogP contribution >= 0.6 is 0 Å². The van der Waals surface area contributed by atoms with Gasteiger partial charge in [-0.05, 0) is 0 Å². The number of aromatic amines is 1. The maximum Gasteiger partial charge on any atom is 0.270 e. The second kappa shape index (κ2) is 4.82. The molecule has 0 saturated carbocycles. The molecule has 0 bridgehead atoms. The van der Waals surface area contributed by atoms with E-state index in [1.807, 2.05) is 0 Å². The molecule has 0 saturated heterocycles. The number of carbonyl (C=O) groups is 3. The summed E-state index contributed by atoms with van der Waals surface area (Å²) in [6, 6.07) is 6.49. The van der Waals surface area contributed by atoms with Crippen molar-refractivity contribution in [1.29, 1.82) is 0 Å². The number of benzene rings is 1. The van der Waals surface area contributed by atoms with Gasteiger partial charge in [0.15, 0.2) is 5.78 Å². The van der Waals surface area contributed by atoms with Crippen molar-refractivity contribution >= 4 is 17.5 Å². The smallest absolute Gasteiger partial charge is 0.270 e. The third-order valence-electron chi connectivity index (χ3n) is 3.26. The lowest BCUT2D eigenvalue weighted by atomic mass is 9.87. The summed E-state index contributed by atoms with van der Waals surface area (Å²) in [5.74, 6) is -1.24. The van der Waals surface area contributed by atoms with Gasteiger partial charge in [-0.1, -0.05) is 30.3 Å². The third-order valence-corrected chi connectivity index (χ3v) is 3.26. The molecule has 0 spiro atoms. The first-order valence-corrected chi connectivity index (χ1v) is 6.31. The number of fused-ring (bicyclic) bond motifs is 2. The summed E-state index contributed by atoms with van der Waals surface area (Å²) >= 11 is 0. The largest absolute Gasteiger partial charge is 0.347 e. The minimum atomic E-state index is -0.496. The van der Waals surface area contributed by atoms with E-state index in [-0.39, 0.29) is 40.6 Å². The quantitative estimate of drug-likeness (QED) is 0.703. The van der Waals surface area contributed by atoms with E-state index in [0.29, 0.717) is 5.56 Å². The van der Waals surface area contributed by atoms with Crippen molar-refractivity contribution in [3.8, 4) is 0 Å². The minimum absolute atomic E-state index is 0.000275. The summed E-state index contributed by atoms with van der Waals surface area (Å²) in [4.78, 5) is 36.8. The molecule has 0 unspecified atom stereocenters. The van der Waals surface area contributed by atoms with Crippen LogP contribution in [0.1, 0.15) is 42.5 Å². The maximum atomic E-state index is 12.5. The lowest BCUT2D eigenvalue weighted by Crippen LogP contribution is -2.27. The molecule has 0 aliphatic heterocycles. The number of nitrogens with one attached hydrogen (secondary N) is 2. The van der Waals surface area contributed by atoms with Crippen molar-refractivity contribution in [2.45, 2.75) is 0 Å². The van der Waals surface area contributed by atoms with Crippen molar-refractivity contribution in [3.05, 3.63) is 65.0 Å². The van der Waals surface area contributed by atoms with E-state index in [1.165, 1.54) is 6.08 Å². The van der Waals surface area contributed by atoms with Gasteiger partial charge in [0.1, 0.15) is 11.4 Å². The van der Waals surface area contributed by atoms with E-state index >= 15 is 0 Å². The Bertz CT molecular complexity index is 789. The van der Waals surface area contributed by atoms with Crippen molar-refractivity contribution < 1.29 is 14.4 Å². The van der Waals surface area contributed by atoms with Gasteiger partial charge >= 0.3 is 0 Å². The van der Waals surface area contributed by atoms with Crippen molar-refractivity contribution in [2.75, 3.05) is 6.54 Å². The van der Waals surface area contributed by atoms with Gasteiger partial charge in [0.25, 0.3) is 5.91 Å². The first kappa shape index (κ1) is 13.0. The normalized spacial score (nSPS) is 12.6. The zero-order valence-electron chi connectivity index (χ0n) is 11.0. The van der Waals surface area contributed by atoms with Crippen LogP contribution in [0.25, 0.3) is 0 Å².